The van der Waals surface area contributed by atoms with Crippen molar-refractivity contribution in [2.75, 3.05) is 11.1 Å². The van der Waals surface area contributed by atoms with E-state index >= 15 is 0 Å². The molecule has 98 valence electrons. The van der Waals surface area contributed by atoms with Gasteiger partial charge in [0.1, 0.15) is 11.6 Å². The minimum Gasteiger partial charge on any atom is -0.384 e. The summed E-state index contributed by atoms with van der Waals surface area (Å²) >= 11 is 5.66. The van der Waals surface area contributed by atoms with Crippen LogP contribution in [-0.2, 0) is 0 Å². The second-order valence-corrected chi connectivity index (χ2v) is 4.08. The van der Waals surface area contributed by atoms with Crippen molar-refractivity contribution in [3.05, 3.63) is 52.7 Å². The van der Waals surface area contributed by atoms with Gasteiger partial charge in [0.2, 0.25) is 0 Å². The van der Waals surface area contributed by atoms with Crippen LogP contribution >= 0.6 is 11.6 Å². The molecule has 4 nitrogen and oxygen atoms in total. The number of aromatic nitrogens is 1. The average Bonchev–Trinajstić information content (AvgIpc) is 2.34. The molecule has 7 heteroatoms. The zero-order valence-electron chi connectivity index (χ0n) is 9.45. The lowest BCUT2D eigenvalue weighted by Gasteiger charge is -2.08. The number of carbonyl (C=O) groups excluding carboxylic acids is 1. The predicted octanol–water partition coefficient (Wildman–Crippen LogP) is 2.85. The van der Waals surface area contributed by atoms with E-state index < -0.39 is 17.5 Å². The summed E-state index contributed by atoms with van der Waals surface area (Å²) in [5.74, 6) is -2.15. The van der Waals surface area contributed by atoms with Gasteiger partial charge in [0.15, 0.2) is 5.82 Å². The van der Waals surface area contributed by atoms with E-state index in [1.165, 1.54) is 18.3 Å². The van der Waals surface area contributed by atoms with Gasteiger partial charge < -0.3 is 11.1 Å². The van der Waals surface area contributed by atoms with E-state index in [0.717, 1.165) is 6.07 Å². The van der Waals surface area contributed by atoms with Gasteiger partial charge in [0.05, 0.1) is 16.3 Å². The van der Waals surface area contributed by atoms with E-state index in [2.05, 4.69) is 10.3 Å². The molecule has 0 fully saturated rings. The van der Waals surface area contributed by atoms with E-state index in [-0.39, 0.29) is 22.1 Å². The summed E-state index contributed by atoms with van der Waals surface area (Å²) in [6.07, 6.45) is 1.24. The minimum atomic E-state index is -0.957. The summed E-state index contributed by atoms with van der Waals surface area (Å²) in [6.45, 7) is 0. The monoisotopic (exact) mass is 283 g/mol. The molecule has 0 aliphatic heterocycles. The number of pyridine rings is 1. The fourth-order valence-corrected chi connectivity index (χ4v) is 1.63. The number of nitrogens with zero attached hydrogens (tertiary/aromatic N) is 1. The second-order valence-electron chi connectivity index (χ2n) is 3.67. The van der Waals surface area contributed by atoms with Crippen LogP contribution in [0.4, 0.5) is 20.3 Å². The number of amides is 1. The molecule has 2 rings (SSSR count). The van der Waals surface area contributed by atoms with Crippen LogP contribution in [0.2, 0.25) is 5.02 Å². The maximum atomic E-state index is 13.5. The maximum Gasteiger partial charge on any atom is 0.257 e. The maximum absolute atomic E-state index is 13.5. The lowest BCUT2D eigenvalue weighted by atomic mass is 10.2. The molecule has 1 aromatic carbocycles. The Morgan fingerprint density at radius 3 is 2.63 bits per heavy atom. The van der Waals surface area contributed by atoms with Crippen LogP contribution in [0.15, 0.2) is 30.5 Å². The summed E-state index contributed by atoms with van der Waals surface area (Å²) in [5.41, 5.74) is 5.27. The van der Waals surface area contributed by atoms with E-state index in [1.807, 2.05) is 0 Å². The van der Waals surface area contributed by atoms with Crippen molar-refractivity contribution in [1.29, 1.82) is 0 Å². The lowest BCUT2D eigenvalue weighted by Crippen LogP contribution is -2.14. The van der Waals surface area contributed by atoms with Crippen molar-refractivity contribution < 1.29 is 13.6 Å². The van der Waals surface area contributed by atoms with Crippen molar-refractivity contribution in [3.63, 3.8) is 0 Å². The van der Waals surface area contributed by atoms with Crippen molar-refractivity contribution >= 4 is 29.0 Å². The van der Waals surface area contributed by atoms with Gasteiger partial charge in [0, 0.05) is 12.3 Å². The molecule has 1 amide bonds. The zero-order chi connectivity index (χ0) is 14.0. The molecule has 0 saturated carbocycles. The number of hydrogen-bond donors (Lipinski definition) is 2. The Kier molecular flexibility index (Phi) is 3.62. The second kappa shape index (κ2) is 5.19. The SMILES string of the molecule is Nc1ccc(C(=O)Nc2c(F)cc(F)cc2Cl)cn1. The zero-order valence-corrected chi connectivity index (χ0v) is 10.2. The van der Waals surface area contributed by atoms with Crippen LogP contribution < -0.4 is 11.1 Å². The van der Waals surface area contributed by atoms with Gasteiger partial charge in [-0.2, -0.15) is 0 Å². The van der Waals surface area contributed by atoms with Gasteiger partial charge in [-0.25, -0.2) is 13.8 Å². The van der Waals surface area contributed by atoms with Crippen LogP contribution in [0.25, 0.3) is 0 Å². The topological polar surface area (TPSA) is 68.0 Å². The molecular formula is C12H8ClF2N3O. The number of anilines is 2. The first-order chi connectivity index (χ1) is 8.97. The number of nitrogens with one attached hydrogen (secondary N) is 1. The summed E-state index contributed by atoms with van der Waals surface area (Å²) < 4.78 is 26.3. The first-order valence-electron chi connectivity index (χ1n) is 5.15. The van der Waals surface area contributed by atoms with Crippen molar-refractivity contribution in [1.82, 2.24) is 4.98 Å². The molecule has 19 heavy (non-hydrogen) atoms. The van der Waals surface area contributed by atoms with Gasteiger partial charge in [-0.3, -0.25) is 4.79 Å². The Hall–Kier alpha value is -2.21. The molecule has 2 aromatic rings. The lowest BCUT2D eigenvalue weighted by molar-refractivity contribution is 0.102. The van der Waals surface area contributed by atoms with Crippen LogP contribution in [0.1, 0.15) is 10.4 Å². The molecule has 3 N–H and O–H groups in total. The molecule has 0 bridgehead atoms. The number of rotatable bonds is 2. The average molecular weight is 284 g/mol. The fraction of sp³-hybridized carbons (Fsp3) is 0. The number of halogens is 3. The third kappa shape index (κ3) is 2.97. The number of hydrogen-bond acceptors (Lipinski definition) is 3. The third-order valence-corrected chi connectivity index (χ3v) is 2.59. The number of carbonyl (C=O) groups is 1. The summed E-state index contributed by atoms with van der Waals surface area (Å²) in [5, 5.41) is 2.02. The van der Waals surface area contributed by atoms with Crippen molar-refractivity contribution in [3.8, 4) is 0 Å². The predicted molar refractivity (Wildman–Crippen MR) is 68.0 cm³/mol. The Bertz CT molecular complexity index is 608. The highest BCUT2D eigenvalue weighted by atomic mass is 35.5. The van der Waals surface area contributed by atoms with E-state index in [9.17, 15) is 13.6 Å². The standard InChI is InChI=1S/C12H8ClF2N3O/c13-8-3-7(14)4-9(15)11(8)18-12(19)6-1-2-10(16)17-5-6/h1-5H,(H2,16,17)(H,18,19). The minimum absolute atomic E-state index is 0.175. The Labute approximate surface area is 112 Å². The van der Waals surface area contributed by atoms with Crippen molar-refractivity contribution in [2.45, 2.75) is 0 Å². The summed E-state index contributed by atoms with van der Waals surface area (Å²) in [4.78, 5) is 15.5. The van der Waals surface area contributed by atoms with Crippen molar-refractivity contribution in [2.24, 2.45) is 0 Å². The van der Waals surface area contributed by atoms with Gasteiger partial charge in [-0.1, -0.05) is 11.6 Å². The molecule has 0 aliphatic rings. The molecule has 0 unspecified atom stereocenters. The number of nitrogens with two attached hydrogens (primary N) is 1. The Morgan fingerprint density at radius 1 is 1.32 bits per heavy atom. The Balaban J connectivity index is 2.26. The third-order valence-electron chi connectivity index (χ3n) is 2.29. The first kappa shape index (κ1) is 13.2. The van der Waals surface area contributed by atoms with E-state index in [4.69, 9.17) is 17.3 Å². The smallest absolute Gasteiger partial charge is 0.257 e. The molecule has 0 atom stereocenters. The highest BCUT2D eigenvalue weighted by Crippen LogP contribution is 2.26. The highest BCUT2D eigenvalue weighted by Gasteiger charge is 2.14. The highest BCUT2D eigenvalue weighted by molar-refractivity contribution is 6.34. The molecule has 0 saturated heterocycles. The Morgan fingerprint density at radius 2 is 2.05 bits per heavy atom. The van der Waals surface area contributed by atoms with E-state index in [0.29, 0.717) is 6.07 Å². The molecule has 1 aromatic heterocycles. The molecular weight excluding hydrogens is 276 g/mol. The van der Waals surface area contributed by atoms with Crippen LogP contribution in [-0.4, -0.2) is 10.9 Å². The van der Waals surface area contributed by atoms with Crippen LogP contribution in [0, 0.1) is 11.6 Å². The molecule has 0 radical (unpaired) electrons. The van der Waals surface area contributed by atoms with Gasteiger partial charge in [0.25, 0.3) is 5.91 Å². The fourth-order valence-electron chi connectivity index (χ4n) is 1.39. The quantitative estimate of drug-likeness (QED) is 0.890. The van der Waals surface area contributed by atoms with Gasteiger partial charge in [-0.15, -0.1) is 0 Å². The normalized spacial score (nSPS) is 10.3. The molecule has 1 heterocycles. The van der Waals surface area contributed by atoms with Crippen LogP contribution in [0.3, 0.4) is 0 Å². The number of benzene rings is 1. The summed E-state index contributed by atoms with van der Waals surface area (Å²) in [7, 11) is 0. The summed E-state index contributed by atoms with van der Waals surface area (Å²) in [6, 6.07) is 4.38. The van der Waals surface area contributed by atoms with Crippen LogP contribution in [0.5, 0.6) is 0 Å². The first-order valence-corrected chi connectivity index (χ1v) is 5.52. The number of nitrogen functional groups attached to an aromatic ring is 1. The van der Waals surface area contributed by atoms with Gasteiger partial charge >= 0.3 is 0 Å². The van der Waals surface area contributed by atoms with Gasteiger partial charge in [-0.05, 0) is 18.2 Å². The molecule has 0 spiro atoms. The molecule has 0 aliphatic carbocycles. The van der Waals surface area contributed by atoms with E-state index in [1.54, 1.807) is 0 Å². The largest absolute Gasteiger partial charge is 0.384 e.